The predicted octanol–water partition coefficient (Wildman–Crippen LogP) is 1.97. The molecular formula is C11H11N3O. The average Bonchev–Trinajstić information content (AvgIpc) is 2.58. The van der Waals surface area contributed by atoms with Crippen LogP contribution in [0.3, 0.4) is 0 Å². The second kappa shape index (κ2) is 3.67. The van der Waals surface area contributed by atoms with Crippen LogP contribution >= 0.6 is 0 Å². The van der Waals surface area contributed by atoms with E-state index in [0.29, 0.717) is 0 Å². The van der Waals surface area contributed by atoms with Crippen LogP contribution in [0.2, 0.25) is 0 Å². The number of nitrogens with zero attached hydrogens (tertiary/aromatic N) is 3. The molecule has 0 saturated heterocycles. The normalized spacial score (nSPS) is 12.4. The van der Waals surface area contributed by atoms with E-state index in [0.717, 1.165) is 16.6 Å². The highest BCUT2D eigenvalue weighted by Crippen LogP contribution is 2.26. The van der Waals surface area contributed by atoms with Gasteiger partial charge in [-0.25, -0.2) is 9.78 Å². The van der Waals surface area contributed by atoms with Gasteiger partial charge in [0, 0.05) is 30.4 Å². The summed E-state index contributed by atoms with van der Waals surface area (Å²) >= 11 is 0. The molecule has 76 valence electrons. The van der Waals surface area contributed by atoms with Gasteiger partial charge in [-0.1, -0.05) is 0 Å². The Kier molecular flexibility index (Phi) is 2.35. The minimum Gasteiger partial charge on any atom is -0.335 e. The summed E-state index contributed by atoms with van der Waals surface area (Å²) in [6.07, 6.45) is 5.28. The van der Waals surface area contributed by atoms with Crippen LogP contribution in [0.15, 0.2) is 29.5 Å². The predicted molar refractivity (Wildman–Crippen MR) is 57.3 cm³/mol. The number of aliphatic imine (C=N–C) groups is 1. The molecule has 2 rings (SSSR count). The Balaban J connectivity index is 2.66. The molecule has 2 aromatic heterocycles. The molecule has 0 aromatic carbocycles. The Morgan fingerprint density at radius 1 is 1.60 bits per heavy atom. The smallest absolute Gasteiger partial charge is 0.235 e. The molecule has 0 saturated carbocycles. The van der Waals surface area contributed by atoms with Gasteiger partial charge >= 0.3 is 0 Å². The van der Waals surface area contributed by atoms with E-state index in [1.165, 1.54) is 0 Å². The number of hydrogen-bond acceptors (Lipinski definition) is 3. The van der Waals surface area contributed by atoms with Crippen LogP contribution in [0.1, 0.15) is 18.5 Å². The number of aryl methyl sites for hydroxylation is 1. The van der Waals surface area contributed by atoms with Crippen molar-refractivity contribution in [2.45, 2.75) is 13.0 Å². The Hall–Kier alpha value is -1.93. The molecule has 0 aliphatic carbocycles. The highest BCUT2D eigenvalue weighted by atomic mass is 16.1. The number of hydrogen-bond donors (Lipinski definition) is 0. The highest BCUT2D eigenvalue weighted by molar-refractivity contribution is 5.80. The zero-order valence-corrected chi connectivity index (χ0v) is 8.64. The fraction of sp³-hybridized carbons (Fsp3) is 0.273. The van der Waals surface area contributed by atoms with Crippen molar-refractivity contribution in [2.75, 3.05) is 0 Å². The molecule has 0 spiro atoms. The second-order valence-electron chi connectivity index (χ2n) is 3.47. The van der Waals surface area contributed by atoms with Crippen LogP contribution in [0.4, 0.5) is 0 Å². The van der Waals surface area contributed by atoms with Gasteiger partial charge in [0.05, 0.1) is 6.04 Å². The lowest BCUT2D eigenvalue weighted by molar-refractivity contribution is 0.559. The van der Waals surface area contributed by atoms with Crippen LogP contribution in [0.25, 0.3) is 11.0 Å². The van der Waals surface area contributed by atoms with Crippen molar-refractivity contribution in [2.24, 2.45) is 12.0 Å². The minimum atomic E-state index is -0.171. The number of isocyanates is 1. The highest BCUT2D eigenvalue weighted by Gasteiger charge is 2.12. The van der Waals surface area contributed by atoms with Crippen LogP contribution < -0.4 is 0 Å². The number of carbonyl (C=O) groups excluding carboxylic acids is 1. The maximum Gasteiger partial charge on any atom is 0.235 e. The third kappa shape index (κ3) is 1.55. The molecule has 0 aliphatic heterocycles. The molecular weight excluding hydrogens is 190 g/mol. The van der Waals surface area contributed by atoms with Crippen LogP contribution in [0.5, 0.6) is 0 Å². The largest absolute Gasteiger partial charge is 0.335 e. The van der Waals surface area contributed by atoms with E-state index in [-0.39, 0.29) is 6.04 Å². The van der Waals surface area contributed by atoms with Gasteiger partial charge in [0.15, 0.2) is 0 Å². The molecule has 4 heteroatoms. The zero-order chi connectivity index (χ0) is 10.8. The van der Waals surface area contributed by atoms with E-state index >= 15 is 0 Å². The second-order valence-corrected chi connectivity index (χ2v) is 3.47. The molecule has 0 amide bonds. The molecule has 0 fully saturated rings. The standard InChI is InChI=1S/C11H11N3O/c1-8(13-7-15)10-6-14(2)11-9(10)4-3-5-12-11/h3-6,8H,1-2H3. The Morgan fingerprint density at radius 3 is 3.13 bits per heavy atom. The summed E-state index contributed by atoms with van der Waals surface area (Å²) < 4.78 is 1.93. The van der Waals surface area contributed by atoms with Gasteiger partial charge in [-0.2, -0.15) is 4.99 Å². The topological polar surface area (TPSA) is 47.2 Å². The minimum absolute atomic E-state index is 0.171. The fourth-order valence-corrected chi connectivity index (χ4v) is 1.72. The van der Waals surface area contributed by atoms with E-state index in [2.05, 4.69) is 9.98 Å². The number of fused-ring (bicyclic) bond motifs is 1. The zero-order valence-electron chi connectivity index (χ0n) is 8.64. The third-order valence-electron chi connectivity index (χ3n) is 2.46. The van der Waals surface area contributed by atoms with Crippen molar-refractivity contribution in [3.8, 4) is 0 Å². The molecule has 1 unspecified atom stereocenters. The van der Waals surface area contributed by atoms with Gasteiger partial charge < -0.3 is 4.57 Å². The lowest BCUT2D eigenvalue weighted by atomic mass is 10.1. The lowest BCUT2D eigenvalue weighted by Gasteiger charge is -2.00. The molecule has 4 nitrogen and oxygen atoms in total. The van der Waals surface area contributed by atoms with Crippen LogP contribution in [0, 0.1) is 0 Å². The van der Waals surface area contributed by atoms with Crippen molar-refractivity contribution in [1.82, 2.24) is 9.55 Å². The van der Waals surface area contributed by atoms with E-state index in [4.69, 9.17) is 0 Å². The Bertz CT molecular complexity index is 538. The first-order chi connectivity index (χ1) is 7.24. The molecule has 2 heterocycles. The van der Waals surface area contributed by atoms with Crippen molar-refractivity contribution in [3.63, 3.8) is 0 Å². The monoisotopic (exact) mass is 201 g/mol. The third-order valence-corrected chi connectivity index (χ3v) is 2.46. The summed E-state index contributed by atoms with van der Waals surface area (Å²) in [7, 11) is 1.93. The summed E-state index contributed by atoms with van der Waals surface area (Å²) in [6.45, 7) is 1.87. The summed E-state index contributed by atoms with van der Waals surface area (Å²) in [4.78, 5) is 18.2. The first kappa shape index (κ1) is 9.62. The van der Waals surface area contributed by atoms with Crippen molar-refractivity contribution in [3.05, 3.63) is 30.1 Å². The SMILES string of the molecule is CC(N=C=O)c1cn(C)c2ncccc12. The van der Waals surface area contributed by atoms with Gasteiger partial charge in [-0.3, -0.25) is 0 Å². The van der Waals surface area contributed by atoms with E-state index in [9.17, 15) is 4.79 Å². The van der Waals surface area contributed by atoms with Gasteiger partial charge in [-0.05, 0) is 19.1 Å². The van der Waals surface area contributed by atoms with E-state index in [1.807, 2.05) is 36.9 Å². The van der Waals surface area contributed by atoms with Gasteiger partial charge in [0.25, 0.3) is 0 Å². The molecule has 0 N–H and O–H groups in total. The first-order valence-corrected chi connectivity index (χ1v) is 4.71. The van der Waals surface area contributed by atoms with E-state index < -0.39 is 0 Å². The van der Waals surface area contributed by atoms with Gasteiger partial charge in [-0.15, -0.1) is 0 Å². The number of aromatic nitrogens is 2. The van der Waals surface area contributed by atoms with Crippen molar-refractivity contribution >= 4 is 17.1 Å². The maximum atomic E-state index is 10.2. The lowest BCUT2D eigenvalue weighted by Crippen LogP contribution is -1.87. The first-order valence-electron chi connectivity index (χ1n) is 4.71. The molecule has 1 atom stereocenters. The maximum absolute atomic E-state index is 10.2. The quantitative estimate of drug-likeness (QED) is 0.551. The summed E-state index contributed by atoms with van der Waals surface area (Å²) in [5.41, 5.74) is 1.91. The number of rotatable bonds is 2. The van der Waals surface area contributed by atoms with Crippen molar-refractivity contribution in [1.29, 1.82) is 0 Å². The van der Waals surface area contributed by atoms with Crippen molar-refractivity contribution < 1.29 is 4.79 Å². The molecule has 15 heavy (non-hydrogen) atoms. The number of pyridine rings is 1. The average molecular weight is 201 g/mol. The van der Waals surface area contributed by atoms with Gasteiger partial charge in [0.1, 0.15) is 5.65 Å². The summed E-state index contributed by atoms with van der Waals surface area (Å²) in [5, 5.41) is 1.03. The summed E-state index contributed by atoms with van der Waals surface area (Å²) in [6, 6.07) is 3.69. The van der Waals surface area contributed by atoms with E-state index in [1.54, 1.807) is 12.3 Å². The fourth-order valence-electron chi connectivity index (χ4n) is 1.72. The summed E-state index contributed by atoms with van der Waals surface area (Å²) in [5.74, 6) is 0. The molecule has 0 aliphatic rings. The van der Waals surface area contributed by atoms with Crippen LogP contribution in [-0.4, -0.2) is 15.6 Å². The van der Waals surface area contributed by atoms with Gasteiger partial charge in [0.2, 0.25) is 6.08 Å². The van der Waals surface area contributed by atoms with Crippen LogP contribution in [-0.2, 0) is 11.8 Å². The molecule has 0 bridgehead atoms. The molecule has 2 aromatic rings. The molecule has 0 radical (unpaired) electrons. The Morgan fingerprint density at radius 2 is 2.40 bits per heavy atom. The Labute approximate surface area is 87.3 Å².